The normalized spacial score (nSPS) is 11.1. The van der Waals surface area contributed by atoms with Crippen LogP contribution in [0.2, 0.25) is 0 Å². The summed E-state index contributed by atoms with van der Waals surface area (Å²) in [5.41, 5.74) is 5.32. The molecule has 0 aliphatic heterocycles. The van der Waals surface area contributed by atoms with Crippen LogP contribution in [-0.2, 0) is 0 Å². The Bertz CT molecular complexity index is 424. The second kappa shape index (κ2) is 7.18. The van der Waals surface area contributed by atoms with Gasteiger partial charge in [-0.05, 0) is 31.4 Å². The molecule has 1 aromatic rings. The topological polar surface area (TPSA) is 44.5 Å². The lowest BCUT2D eigenvalue weighted by atomic mass is 10.2. The highest BCUT2D eigenvalue weighted by Gasteiger charge is 2.32. The van der Waals surface area contributed by atoms with Crippen molar-refractivity contribution < 1.29 is 22.6 Å². The second-order valence-corrected chi connectivity index (χ2v) is 4.29. The summed E-state index contributed by atoms with van der Waals surface area (Å²) in [6, 6.07) is 5.65. The van der Waals surface area contributed by atoms with E-state index in [1.807, 2.05) is 0 Å². The predicted octanol–water partition coefficient (Wildman–Crippen LogP) is 3.42. The molecule has 0 radical (unpaired) electrons. The molecule has 2 N–H and O–H groups in total. The quantitative estimate of drug-likeness (QED) is 0.618. The summed E-state index contributed by atoms with van der Waals surface area (Å²) in [5, 5.41) is 0. The van der Waals surface area contributed by atoms with Gasteiger partial charge >= 0.3 is 6.36 Å². The molecule has 0 spiro atoms. The van der Waals surface area contributed by atoms with Crippen LogP contribution in [0.3, 0.4) is 0 Å². The molecule has 106 valence electrons. The van der Waals surface area contributed by atoms with Gasteiger partial charge in [0.25, 0.3) is 0 Å². The zero-order valence-electron chi connectivity index (χ0n) is 10.1. The lowest BCUT2D eigenvalue weighted by Gasteiger charge is -2.13. The van der Waals surface area contributed by atoms with E-state index < -0.39 is 6.36 Å². The van der Waals surface area contributed by atoms with Crippen LogP contribution in [0.1, 0.15) is 19.3 Å². The van der Waals surface area contributed by atoms with Crippen LogP contribution in [0.25, 0.3) is 0 Å². The summed E-state index contributed by atoms with van der Waals surface area (Å²) in [6.07, 6.45) is -2.75. The zero-order chi connectivity index (χ0) is 14.3. The lowest BCUT2D eigenvalue weighted by Crippen LogP contribution is -2.17. The number of benzene rings is 1. The van der Waals surface area contributed by atoms with Gasteiger partial charge in [0.15, 0.2) is 11.5 Å². The number of rotatable bonds is 7. The molecule has 1 rings (SSSR count). The van der Waals surface area contributed by atoms with E-state index in [4.69, 9.17) is 22.7 Å². The molecule has 1 aromatic carbocycles. The van der Waals surface area contributed by atoms with Crippen LogP contribution in [0, 0.1) is 0 Å². The Morgan fingerprint density at radius 1 is 1.16 bits per heavy atom. The fraction of sp³-hybridized carbons (Fsp3) is 0.417. The Hall–Kier alpha value is -1.50. The first-order valence-corrected chi connectivity index (χ1v) is 6.05. The van der Waals surface area contributed by atoms with Crippen molar-refractivity contribution in [2.45, 2.75) is 25.6 Å². The van der Waals surface area contributed by atoms with E-state index >= 15 is 0 Å². The minimum Gasteiger partial charge on any atom is -0.490 e. The lowest BCUT2D eigenvalue weighted by molar-refractivity contribution is -0.275. The summed E-state index contributed by atoms with van der Waals surface area (Å²) in [7, 11) is 0. The highest BCUT2D eigenvalue weighted by Crippen LogP contribution is 2.31. The average molecular weight is 293 g/mol. The predicted molar refractivity (Wildman–Crippen MR) is 69.3 cm³/mol. The third-order valence-corrected chi connectivity index (χ3v) is 2.35. The molecule has 0 fully saturated rings. The maximum absolute atomic E-state index is 12.1. The van der Waals surface area contributed by atoms with E-state index in [0.29, 0.717) is 17.8 Å². The summed E-state index contributed by atoms with van der Waals surface area (Å²) >= 11 is 4.71. The van der Waals surface area contributed by atoms with Crippen LogP contribution in [0.5, 0.6) is 11.5 Å². The summed E-state index contributed by atoms with van der Waals surface area (Å²) in [5.74, 6) is -0.278. The average Bonchev–Trinajstić information content (AvgIpc) is 2.28. The molecule has 19 heavy (non-hydrogen) atoms. The van der Waals surface area contributed by atoms with Gasteiger partial charge < -0.3 is 15.2 Å². The maximum atomic E-state index is 12.1. The Morgan fingerprint density at radius 3 is 2.37 bits per heavy atom. The Balaban J connectivity index is 2.47. The Kier molecular flexibility index (Phi) is 5.88. The zero-order valence-corrected chi connectivity index (χ0v) is 10.9. The molecule has 0 saturated heterocycles. The van der Waals surface area contributed by atoms with E-state index in [-0.39, 0.29) is 18.1 Å². The van der Waals surface area contributed by atoms with Crippen LogP contribution < -0.4 is 15.2 Å². The number of unbranched alkanes of at least 4 members (excludes halogenated alkanes) is 1. The van der Waals surface area contributed by atoms with Gasteiger partial charge in [0, 0.05) is 0 Å². The largest absolute Gasteiger partial charge is 0.573 e. The summed E-state index contributed by atoms with van der Waals surface area (Å²) < 4.78 is 45.6. The Morgan fingerprint density at radius 2 is 1.79 bits per heavy atom. The molecule has 0 aliphatic carbocycles. The fourth-order valence-corrected chi connectivity index (χ4v) is 1.51. The van der Waals surface area contributed by atoms with E-state index in [2.05, 4.69) is 4.74 Å². The van der Waals surface area contributed by atoms with Crippen molar-refractivity contribution in [3.8, 4) is 11.5 Å². The Labute approximate surface area is 114 Å². The SMILES string of the molecule is NC(=S)CCCCOc1ccccc1OC(F)(F)F. The van der Waals surface area contributed by atoms with Gasteiger partial charge in [-0.25, -0.2) is 0 Å². The van der Waals surface area contributed by atoms with E-state index in [1.165, 1.54) is 18.2 Å². The third kappa shape index (κ3) is 6.85. The van der Waals surface area contributed by atoms with Crippen LogP contribution in [0.4, 0.5) is 13.2 Å². The van der Waals surface area contributed by atoms with E-state index in [0.717, 1.165) is 6.42 Å². The van der Waals surface area contributed by atoms with Gasteiger partial charge in [0.1, 0.15) is 0 Å². The number of nitrogens with two attached hydrogens (primary N) is 1. The van der Waals surface area contributed by atoms with Crippen LogP contribution in [-0.4, -0.2) is 18.0 Å². The number of hydrogen-bond acceptors (Lipinski definition) is 3. The highest BCUT2D eigenvalue weighted by molar-refractivity contribution is 7.80. The van der Waals surface area contributed by atoms with Crippen molar-refractivity contribution in [3.63, 3.8) is 0 Å². The monoisotopic (exact) mass is 293 g/mol. The van der Waals surface area contributed by atoms with Gasteiger partial charge in [0.05, 0.1) is 11.6 Å². The minimum absolute atomic E-state index is 0.0650. The number of halogens is 3. The van der Waals surface area contributed by atoms with Crippen molar-refractivity contribution >= 4 is 17.2 Å². The van der Waals surface area contributed by atoms with Gasteiger partial charge in [-0.2, -0.15) is 0 Å². The molecule has 0 atom stereocenters. The first-order valence-electron chi connectivity index (χ1n) is 5.64. The maximum Gasteiger partial charge on any atom is 0.573 e. The molecule has 0 amide bonds. The number of ether oxygens (including phenoxy) is 2. The van der Waals surface area contributed by atoms with Gasteiger partial charge in [-0.3, -0.25) is 0 Å². The minimum atomic E-state index is -4.73. The molecule has 3 nitrogen and oxygen atoms in total. The van der Waals surface area contributed by atoms with Gasteiger partial charge in [-0.1, -0.05) is 24.4 Å². The van der Waals surface area contributed by atoms with Crippen LogP contribution in [0.15, 0.2) is 24.3 Å². The number of alkyl halides is 3. The summed E-state index contributed by atoms with van der Waals surface area (Å²) in [4.78, 5) is 0.417. The molecule has 7 heteroatoms. The van der Waals surface area contributed by atoms with Crippen LogP contribution >= 0.6 is 12.2 Å². The summed E-state index contributed by atoms with van der Waals surface area (Å²) in [6.45, 7) is 0.279. The van der Waals surface area contributed by atoms with Crippen molar-refractivity contribution in [1.29, 1.82) is 0 Å². The molecular formula is C12H14F3NO2S. The van der Waals surface area contributed by atoms with Crippen molar-refractivity contribution in [2.24, 2.45) is 5.73 Å². The van der Waals surface area contributed by atoms with Gasteiger partial charge in [0.2, 0.25) is 0 Å². The molecule has 0 bridgehead atoms. The molecule has 0 heterocycles. The molecular weight excluding hydrogens is 279 g/mol. The highest BCUT2D eigenvalue weighted by atomic mass is 32.1. The van der Waals surface area contributed by atoms with E-state index in [1.54, 1.807) is 6.07 Å². The molecule has 0 unspecified atom stereocenters. The first kappa shape index (κ1) is 15.6. The van der Waals surface area contributed by atoms with Crippen molar-refractivity contribution in [2.75, 3.05) is 6.61 Å². The first-order chi connectivity index (χ1) is 8.88. The van der Waals surface area contributed by atoms with Crippen molar-refractivity contribution in [3.05, 3.63) is 24.3 Å². The molecule has 0 aliphatic rings. The number of thiocarbonyl (C=S) groups is 1. The third-order valence-electron chi connectivity index (χ3n) is 2.15. The standard InChI is InChI=1S/C12H14F3NO2S/c13-12(14,15)18-10-6-2-1-5-9(10)17-8-4-3-7-11(16)19/h1-2,5-6H,3-4,7-8H2,(H2,16,19). The van der Waals surface area contributed by atoms with Gasteiger partial charge in [-0.15, -0.1) is 13.2 Å². The number of para-hydroxylation sites is 2. The fourth-order valence-electron chi connectivity index (χ4n) is 1.36. The van der Waals surface area contributed by atoms with E-state index in [9.17, 15) is 13.2 Å². The van der Waals surface area contributed by atoms with Crippen molar-refractivity contribution in [1.82, 2.24) is 0 Å². The second-order valence-electron chi connectivity index (χ2n) is 3.77. The molecule has 0 aromatic heterocycles. The number of hydrogen-bond donors (Lipinski definition) is 1. The smallest absolute Gasteiger partial charge is 0.490 e. The molecule has 0 saturated carbocycles.